The van der Waals surface area contributed by atoms with Gasteiger partial charge in [-0.15, -0.1) is 0 Å². The summed E-state index contributed by atoms with van der Waals surface area (Å²) in [6.07, 6.45) is -2.62. The molecule has 1 heterocycles. The maximum atomic E-state index is 12.7. The third-order valence-electron chi connectivity index (χ3n) is 3.38. The second kappa shape index (κ2) is 6.64. The van der Waals surface area contributed by atoms with E-state index in [-0.39, 0.29) is 18.0 Å². The topological polar surface area (TPSA) is 34.0 Å². The van der Waals surface area contributed by atoms with Gasteiger partial charge in [0.25, 0.3) is 5.56 Å². The van der Waals surface area contributed by atoms with E-state index in [0.29, 0.717) is 0 Å². The van der Waals surface area contributed by atoms with Gasteiger partial charge in [-0.2, -0.15) is 13.2 Å². The molecule has 0 bridgehead atoms. The highest BCUT2D eigenvalue weighted by molar-refractivity contribution is 5.13. The standard InChI is InChI=1S/C15H23F3N2O/c1-5-8-19-12(14(2,3)4)10-20-9-11(15(16,17)18)6-7-13(20)21/h6-7,9,12,19H,5,8,10H2,1-4H3. The molecule has 0 aliphatic carbocycles. The molecule has 0 aliphatic rings. The Morgan fingerprint density at radius 3 is 2.33 bits per heavy atom. The van der Waals surface area contributed by atoms with Crippen molar-refractivity contribution < 1.29 is 13.2 Å². The molecule has 1 N–H and O–H groups in total. The highest BCUT2D eigenvalue weighted by Gasteiger charge is 2.32. The van der Waals surface area contributed by atoms with E-state index in [9.17, 15) is 18.0 Å². The van der Waals surface area contributed by atoms with Crippen LogP contribution in [0.5, 0.6) is 0 Å². The zero-order valence-corrected chi connectivity index (χ0v) is 12.9. The van der Waals surface area contributed by atoms with E-state index < -0.39 is 17.3 Å². The Hall–Kier alpha value is -1.30. The molecule has 21 heavy (non-hydrogen) atoms. The number of hydrogen-bond acceptors (Lipinski definition) is 2. The Balaban J connectivity index is 3.06. The predicted octanol–water partition coefficient (Wildman–Crippen LogP) is 3.28. The van der Waals surface area contributed by atoms with Crippen LogP contribution < -0.4 is 10.9 Å². The minimum atomic E-state index is -4.44. The fourth-order valence-electron chi connectivity index (χ4n) is 2.00. The zero-order valence-electron chi connectivity index (χ0n) is 12.9. The first-order valence-electron chi connectivity index (χ1n) is 7.06. The molecule has 0 spiro atoms. The van der Waals surface area contributed by atoms with Gasteiger partial charge in [-0.1, -0.05) is 27.7 Å². The normalized spacial score (nSPS) is 14.2. The number of alkyl halides is 3. The summed E-state index contributed by atoms with van der Waals surface area (Å²) in [5.41, 5.74) is -1.39. The van der Waals surface area contributed by atoms with E-state index in [1.54, 1.807) is 0 Å². The van der Waals surface area contributed by atoms with Crippen LogP contribution >= 0.6 is 0 Å². The maximum Gasteiger partial charge on any atom is 0.417 e. The molecule has 6 heteroatoms. The second-order valence-corrected chi connectivity index (χ2v) is 6.28. The van der Waals surface area contributed by atoms with Crippen molar-refractivity contribution in [3.8, 4) is 0 Å². The Morgan fingerprint density at radius 2 is 1.86 bits per heavy atom. The number of hydrogen-bond donors (Lipinski definition) is 1. The van der Waals surface area contributed by atoms with Gasteiger partial charge < -0.3 is 9.88 Å². The van der Waals surface area contributed by atoms with E-state index in [0.717, 1.165) is 35.9 Å². The van der Waals surface area contributed by atoms with Crippen molar-refractivity contribution in [3.05, 3.63) is 34.2 Å². The summed E-state index contributed by atoms with van der Waals surface area (Å²) in [6.45, 7) is 8.99. The first kappa shape index (κ1) is 17.8. The average Bonchev–Trinajstić information content (AvgIpc) is 2.33. The molecule has 1 rings (SSSR count). The van der Waals surface area contributed by atoms with E-state index in [2.05, 4.69) is 5.32 Å². The van der Waals surface area contributed by atoms with Crippen molar-refractivity contribution in [3.63, 3.8) is 0 Å². The summed E-state index contributed by atoms with van der Waals surface area (Å²) in [7, 11) is 0. The molecule has 1 unspecified atom stereocenters. The first-order valence-corrected chi connectivity index (χ1v) is 7.06. The highest BCUT2D eigenvalue weighted by Crippen LogP contribution is 2.28. The van der Waals surface area contributed by atoms with Gasteiger partial charge in [0, 0.05) is 24.8 Å². The average molecular weight is 304 g/mol. The Bertz CT molecular complexity index is 515. The lowest BCUT2D eigenvalue weighted by Gasteiger charge is -2.32. The first-order chi connectivity index (χ1) is 9.55. The summed E-state index contributed by atoms with van der Waals surface area (Å²) in [5.74, 6) is 0. The fraction of sp³-hybridized carbons (Fsp3) is 0.667. The van der Waals surface area contributed by atoms with Crippen LogP contribution in [-0.4, -0.2) is 17.2 Å². The van der Waals surface area contributed by atoms with Gasteiger partial charge in [-0.3, -0.25) is 4.79 Å². The molecule has 0 aromatic carbocycles. The SMILES string of the molecule is CCCNC(Cn1cc(C(F)(F)F)ccc1=O)C(C)(C)C. The quantitative estimate of drug-likeness (QED) is 0.906. The third kappa shape index (κ3) is 5.19. The molecule has 0 amide bonds. The summed E-state index contributed by atoms with van der Waals surface area (Å²) >= 11 is 0. The third-order valence-corrected chi connectivity index (χ3v) is 3.38. The number of rotatable bonds is 5. The molecule has 3 nitrogen and oxygen atoms in total. The van der Waals surface area contributed by atoms with Crippen LogP contribution in [0.3, 0.4) is 0 Å². The van der Waals surface area contributed by atoms with Crippen LogP contribution in [0.25, 0.3) is 0 Å². The van der Waals surface area contributed by atoms with Crippen molar-refractivity contribution in [1.29, 1.82) is 0 Å². The predicted molar refractivity (Wildman–Crippen MR) is 77.2 cm³/mol. The Kier molecular flexibility index (Phi) is 5.61. The van der Waals surface area contributed by atoms with Gasteiger partial charge in [0.1, 0.15) is 0 Å². The fourth-order valence-corrected chi connectivity index (χ4v) is 2.00. The molecule has 1 aromatic heterocycles. The highest BCUT2D eigenvalue weighted by atomic mass is 19.4. The number of nitrogens with zero attached hydrogens (tertiary/aromatic N) is 1. The minimum Gasteiger partial charge on any atom is -0.313 e. The molecule has 0 fully saturated rings. The van der Waals surface area contributed by atoms with Crippen LogP contribution in [-0.2, 0) is 12.7 Å². The number of halogens is 3. The summed E-state index contributed by atoms with van der Waals surface area (Å²) in [4.78, 5) is 11.8. The summed E-state index contributed by atoms with van der Waals surface area (Å²) < 4.78 is 39.4. The van der Waals surface area contributed by atoms with Crippen molar-refractivity contribution in [1.82, 2.24) is 9.88 Å². The largest absolute Gasteiger partial charge is 0.417 e. The smallest absolute Gasteiger partial charge is 0.313 e. The molecular formula is C15H23F3N2O. The van der Waals surface area contributed by atoms with E-state index in [4.69, 9.17) is 0 Å². The molecule has 1 aromatic rings. The lowest BCUT2D eigenvalue weighted by Crippen LogP contribution is -2.45. The maximum absolute atomic E-state index is 12.7. The molecule has 0 radical (unpaired) electrons. The van der Waals surface area contributed by atoms with Gasteiger partial charge in [-0.25, -0.2) is 0 Å². The molecule has 0 aliphatic heterocycles. The minimum absolute atomic E-state index is 0.0846. The van der Waals surface area contributed by atoms with Crippen LogP contribution in [0.2, 0.25) is 0 Å². The number of pyridine rings is 1. The lowest BCUT2D eigenvalue weighted by atomic mass is 9.86. The molecular weight excluding hydrogens is 281 g/mol. The monoisotopic (exact) mass is 304 g/mol. The molecule has 1 atom stereocenters. The van der Waals surface area contributed by atoms with E-state index in [1.807, 2.05) is 27.7 Å². The van der Waals surface area contributed by atoms with Crippen molar-refractivity contribution >= 4 is 0 Å². The Morgan fingerprint density at radius 1 is 1.24 bits per heavy atom. The van der Waals surface area contributed by atoms with Crippen LogP contribution in [0.1, 0.15) is 39.7 Å². The van der Waals surface area contributed by atoms with Gasteiger partial charge in [0.05, 0.1) is 5.56 Å². The van der Waals surface area contributed by atoms with Crippen molar-refractivity contribution in [2.75, 3.05) is 6.54 Å². The summed E-state index contributed by atoms with van der Waals surface area (Å²) in [6, 6.07) is 1.71. The van der Waals surface area contributed by atoms with Gasteiger partial charge >= 0.3 is 6.18 Å². The van der Waals surface area contributed by atoms with Crippen molar-refractivity contribution in [2.45, 2.75) is 52.9 Å². The van der Waals surface area contributed by atoms with Crippen LogP contribution in [0, 0.1) is 5.41 Å². The van der Waals surface area contributed by atoms with E-state index in [1.165, 1.54) is 0 Å². The molecule has 0 saturated carbocycles. The van der Waals surface area contributed by atoms with Gasteiger partial charge in [0.15, 0.2) is 0 Å². The van der Waals surface area contributed by atoms with Crippen LogP contribution in [0.15, 0.2) is 23.1 Å². The van der Waals surface area contributed by atoms with Gasteiger partial charge in [-0.05, 0) is 24.4 Å². The summed E-state index contributed by atoms with van der Waals surface area (Å²) in [5, 5.41) is 3.30. The number of aromatic nitrogens is 1. The number of nitrogens with one attached hydrogen (secondary N) is 1. The Labute approximate surface area is 123 Å². The van der Waals surface area contributed by atoms with Crippen LogP contribution in [0.4, 0.5) is 13.2 Å². The van der Waals surface area contributed by atoms with Crippen molar-refractivity contribution in [2.24, 2.45) is 5.41 Å². The second-order valence-electron chi connectivity index (χ2n) is 6.28. The van der Waals surface area contributed by atoms with E-state index >= 15 is 0 Å². The molecule has 120 valence electrons. The zero-order chi connectivity index (χ0) is 16.3. The molecule has 0 saturated heterocycles. The lowest BCUT2D eigenvalue weighted by molar-refractivity contribution is -0.138. The van der Waals surface area contributed by atoms with Gasteiger partial charge in [0.2, 0.25) is 0 Å².